The Morgan fingerprint density at radius 1 is 1.26 bits per heavy atom. The number of esters is 1. The predicted octanol–water partition coefficient (Wildman–Crippen LogP) is 2.01. The summed E-state index contributed by atoms with van der Waals surface area (Å²) in [6.45, 7) is 5.12. The van der Waals surface area contributed by atoms with E-state index in [1.807, 2.05) is 12.1 Å². The summed E-state index contributed by atoms with van der Waals surface area (Å²) in [5.74, 6) is 1.15. The average molecular weight is 430 g/mol. The van der Waals surface area contributed by atoms with Crippen molar-refractivity contribution in [2.45, 2.75) is 32.4 Å². The van der Waals surface area contributed by atoms with Gasteiger partial charge in [-0.05, 0) is 38.6 Å². The molecule has 4 rings (SSSR count). The van der Waals surface area contributed by atoms with Gasteiger partial charge in [0.25, 0.3) is 5.56 Å². The van der Waals surface area contributed by atoms with Crippen LogP contribution in [0.4, 0.5) is 0 Å². The molecule has 1 unspecified atom stereocenters. The van der Waals surface area contributed by atoms with Crippen molar-refractivity contribution in [2.75, 3.05) is 46.9 Å². The van der Waals surface area contributed by atoms with E-state index in [4.69, 9.17) is 13.9 Å². The first-order valence-electron chi connectivity index (χ1n) is 11.0. The minimum atomic E-state index is -0.459. The molecule has 2 aliphatic heterocycles. The molecule has 4 heterocycles. The van der Waals surface area contributed by atoms with Crippen molar-refractivity contribution >= 4 is 5.97 Å². The zero-order valence-electron chi connectivity index (χ0n) is 18.3. The van der Waals surface area contributed by atoms with Gasteiger partial charge < -0.3 is 23.4 Å². The van der Waals surface area contributed by atoms with E-state index in [1.54, 1.807) is 10.8 Å². The quantitative estimate of drug-likeness (QED) is 0.650. The summed E-state index contributed by atoms with van der Waals surface area (Å²) in [5.41, 5.74) is 0.932. The third-order valence-electron chi connectivity index (χ3n) is 6.23. The van der Waals surface area contributed by atoms with Crippen molar-refractivity contribution in [2.24, 2.45) is 5.92 Å². The van der Waals surface area contributed by atoms with Crippen LogP contribution in [0.2, 0.25) is 0 Å². The van der Waals surface area contributed by atoms with Crippen molar-refractivity contribution in [1.82, 2.24) is 14.4 Å². The molecule has 0 N–H and O–H groups in total. The van der Waals surface area contributed by atoms with E-state index in [1.165, 1.54) is 13.2 Å². The first-order valence-corrected chi connectivity index (χ1v) is 11.0. The standard InChI is InChI=1S/C23H31N3O5/c1-24-8-3-5-17(14-24)16-31-20-13-21(27)26-11-10-25(15-18-6-4-12-30-18)9-7-19(26)22(20)23(28)29-2/h4,6,12-13,17H,3,5,7-11,14-16H2,1-2H3. The van der Waals surface area contributed by atoms with E-state index in [0.29, 0.717) is 62.1 Å². The lowest BCUT2D eigenvalue weighted by molar-refractivity contribution is 0.0590. The number of likely N-dealkylation sites (tertiary alicyclic amines) is 1. The number of piperidine rings is 1. The molecule has 1 saturated heterocycles. The summed E-state index contributed by atoms with van der Waals surface area (Å²) in [6, 6.07) is 5.26. The molecule has 0 spiro atoms. The van der Waals surface area contributed by atoms with Crippen LogP contribution >= 0.6 is 0 Å². The number of aromatic nitrogens is 1. The fraction of sp³-hybridized carbons (Fsp3) is 0.565. The SMILES string of the molecule is COC(=O)c1c(OCC2CCCN(C)C2)cc(=O)n2c1CCN(Cc1ccco1)CC2. The highest BCUT2D eigenvalue weighted by atomic mass is 16.5. The molecule has 8 heteroatoms. The van der Waals surface area contributed by atoms with Gasteiger partial charge in [0.1, 0.15) is 17.1 Å². The van der Waals surface area contributed by atoms with Gasteiger partial charge in [-0.25, -0.2) is 4.79 Å². The molecule has 168 valence electrons. The van der Waals surface area contributed by atoms with Gasteiger partial charge in [-0.1, -0.05) is 0 Å². The maximum absolute atomic E-state index is 12.9. The zero-order valence-corrected chi connectivity index (χ0v) is 18.3. The summed E-state index contributed by atoms with van der Waals surface area (Å²) in [7, 11) is 3.47. The topological polar surface area (TPSA) is 77.2 Å². The van der Waals surface area contributed by atoms with Gasteiger partial charge in [-0.3, -0.25) is 9.69 Å². The molecule has 2 aromatic heterocycles. The summed E-state index contributed by atoms with van der Waals surface area (Å²) in [4.78, 5) is 30.1. The number of hydrogen-bond acceptors (Lipinski definition) is 7. The number of methoxy groups -OCH3 is 1. The highest BCUT2D eigenvalue weighted by Gasteiger charge is 2.27. The molecule has 0 saturated carbocycles. The smallest absolute Gasteiger partial charge is 0.343 e. The van der Waals surface area contributed by atoms with Crippen LogP contribution in [-0.2, 0) is 24.2 Å². The van der Waals surface area contributed by atoms with Crippen LogP contribution < -0.4 is 10.3 Å². The summed E-state index contributed by atoms with van der Waals surface area (Å²) in [6.07, 6.45) is 4.44. The second-order valence-electron chi connectivity index (χ2n) is 8.50. The lowest BCUT2D eigenvalue weighted by Crippen LogP contribution is -2.35. The van der Waals surface area contributed by atoms with Crippen LogP contribution in [0.1, 0.15) is 34.7 Å². The summed E-state index contributed by atoms with van der Waals surface area (Å²) >= 11 is 0. The Morgan fingerprint density at radius 3 is 2.87 bits per heavy atom. The Bertz CT molecular complexity index is 953. The lowest BCUT2D eigenvalue weighted by atomic mass is 9.99. The largest absolute Gasteiger partial charge is 0.492 e. The van der Waals surface area contributed by atoms with Crippen LogP contribution in [0, 0.1) is 5.92 Å². The Kier molecular flexibility index (Phi) is 6.77. The third-order valence-corrected chi connectivity index (χ3v) is 6.23. The van der Waals surface area contributed by atoms with Crippen molar-refractivity contribution < 1.29 is 18.7 Å². The molecular formula is C23H31N3O5. The minimum absolute atomic E-state index is 0.140. The van der Waals surface area contributed by atoms with Gasteiger partial charge in [0.15, 0.2) is 0 Å². The van der Waals surface area contributed by atoms with Gasteiger partial charge in [0, 0.05) is 50.3 Å². The number of nitrogens with zero attached hydrogens (tertiary/aromatic N) is 3. The lowest BCUT2D eigenvalue weighted by Gasteiger charge is -2.29. The van der Waals surface area contributed by atoms with Gasteiger partial charge in [0.05, 0.1) is 26.5 Å². The van der Waals surface area contributed by atoms with Crippen molar-refractivity contribution in [3.8, 4) is 5.75 Å². The predicted molar refractivity (Wildman–Crippen MR) is 115 cm³/mol. The van der Waals surface area contributed by atoms with Crippen LogP contribution in [0.3, 0.4) is 0 Å². The molecule has 0 radical (unpaired) electrons. The number of pyridine rings is 1. The molecule has 2 aliphatic rings. The fourth-order valence-corrected chi connectivity index (χ4v) is 4.63. The minimum Gasteiger partial charge on any atom is -0.492 e. The Hall–Kier alpha value is -2.58. The first-order chi connectivity index (χ1) is 15.0. The van der Waals surface area contributed by atoms with Crippen LogP contribution in [0.25, 0.3) is 0 Å². The van der Waals surface area contributed by atoms with Gasteiger partial charge in [-0.2, -0.15) is 0 Å². The van der Waals surface area contributed by atoms with E-state index in [0.717, 1.165) is 31.7 Å². The van der Waals surface area contributed by atoms with Crippen LogP contribution in [0.5, 0.6) is 5.75 Å². The third kappa shape index (κ3) is 5.02. The highest BCUT2D eigenvalue weighted by Crippen LogP contribution is 2.26. The van der Waals surface area contributed by atoms with Gasteiger partial charge in [-0.15, -0.1) is 0 Å². The van der Waals surface area contributed by atoms with Crippen molar-refractivity contribution in [1.29, 1.82) is 0 Å². The van der Waals surface area contributed by atoms with E-state index < -0.39 is 5.97 Å². The second kappa shape index (κ2) is 9.70. The molecule has 0 amide bonds. The molecule has 1 fully saturated rings. The molecule has 31 heavy (non-hydrogen) atoms. The van der Waals surface area contributed by atoms with Crippen LogP contribution in [0.15, 0.2) is 33.7 Å². The molecule has 1 atom stereocenters. The maximum atomic E-state index is 12.9. The molecule has 0 aromatic carbocycles. The highest BCUT2D eigenvalue weighted by molar-refractivity contribution is 5.93. The van der Waals surface area contributed by atoms with E-state index in [2.05, 4.69) is 16.8 Å². The first kappa shape index (κ1) is 21.6. The Labute approximate surface area is 182 Å². The van der Waals surface area contributed by atoms with Gasteiger partial charge >= 0.3 is 5.97 Å². The molecule has 0 bridgehead atoms. The number of carbonyl (C=O) groups is 1. The molecule has 8 nitrogen and oxygen atoms in total. The van der Waals surface area contributed by atoms with Gasteiger partial charge in [0.2, 0.25) is 0 Å². The summed E-state index contributed by atoms with van der Waals surface area (Å²) < 4.78 is 18.3. The van der Waals surface area contributed by atoms with E-state index in [-0.39, 0.29) is 5.56 Å². The van der Waals surface area contributed by atoms with Crippen molar-refractivity contribution in [3.05, 3.63) is 51.8 Å². The molecule has 2 aromatic rings. The maximum Gasteiger partial charge on any atom is 0.343 e. The Balaban J connectivity index is 1.57. The number of carbonyl (C=O) groups excluding carboxylic acids is 1. The normalized spacial score (nSPS) is 20.1. The number of furan rings is 1. The fourth-order valence-electron chi connectivity index (χ4n) is 4.63. The average Bonchev–Trinajstić information content (AvgIpc) is 3.18. The van der Waals surface area contributed by atoms with Crippen molar-refractivity contribution in [3.63, 3.8) is 0 Å². The number of hydrogen-bond donors (Lipinski definition) is 0. The zero-order chi connectivity index (χ0) is 21.8. The molecule has 0 aliphatic carbocycles. The van der Waals surface area contributed by atoms with E-state index in [9.17, 15) is 9.59 Å². The number of ether oxygens (including phenoxy) is 2. The number of fused-ring (bicyclic) bond motifs is 1. The monoisotopic (exact) mass is 429 g/mol. The van der Waals surface area contributed by atoms with Crippen LogP contribution in [-0.4, -0.2) is 67.3 Å². The molecular weight excluding hydrogens is 398 g/mol. The van der Waals surface area contributed by atoms with E-state index >= 15 is 0 Å². The Morgan fingerprint density at radius 2 is 2.13 bits per heavy atom. The summed E-state index contributed by atoms with van der Waals surface area (Å²) in [5, 5.41) is 0. The second-order valence-corrected chi connectivity index (χ2v) is 8.50. The number of rotatable bonds is 6.